The summed E-state index contributed by atoms with van der Waals surface area (Å²) >= 11 is 5.10. The van der Waals surface area contributed by atoms with Crippen LogP contribution in [0.2, 0.25) is 0 Å². The fourth-order valence-corrected chi connectivity index (χ4v) is 2.93. The Labute approximate surface area is 107 Å². The van der Waals surface area contributed by atoms with Crippen LogP contribution in [0.3, 0.4) is 0 Å². The van der Waals surface area contributed by atoms with Gasteiger partial charge in [0.1, 0.15) is 4.32 Å². The third-order valence-corrected chi connectivity index (χ3v) is 4.91. The Balaban J connectivity index is 2.56. The molecule has 0 N–H and O–H groups in total. The molecule has 0 bridgehead atoms. The number of nitrogens with zero attached hydrogens (tertiary/aromatic N) is 2. The van der Waals surface area contributed by atoms with E-state index in [0.717, 1.165) is 9.22 Å². The number of benzene rings is 1. The van der Waals surface area contributed by atoms with Crippen LogP contribution in [0.5, 0.6) is 0 Å². The molecule has 0 aliphatic carbocycles. The lowest BCUT2D eigenvalue weighted by atomic mass is 10.3. The summed E-state index contributed by atoms with van der Waals surface area (Å²) in [5, 5.41) is 10.4. The fourth-order valence-electron chi connectivity index (χ4n) is 0.782. The summed E-state index contributed by atoms with van der Waals surface area (Å²) in [6.07, 6.45) is 0. The Morgan fingerprint density at radius 1 is 1.38 bits per heavy atom. The zero-order valence-corrected chi connectivity index (χ0v) is 11.2. The van der Waals surface area contributed by atoms with E-state index in [1.807, 2.05) is 19.0 Å². The number of rotatable bonds is 3. The maximum Gasteiger partial charge on any atom is 0.269 e. The van der Waals surface area contributed by atoms with Gasteiger partial charge >= 0.3 is 0 Å². The van der Waals surface area contributed by atoms with Gasteiger partial charge in [-0.3, -0.25) is 10.1 Å². The Kier molecular flexibility index (Phi) is 5.04. The average molecular weight is 274 g/mol. The third-order valence-electron chi connectivity index (χ3n) is 1.62. The van der Waals surface area contributed by atoms with Crippen LogP contribution in [0.25, 0.3) is 0 Å². The smallest absolute Gasteiger partial charge is 0.269 e. The second kappa shape index (κ2) is 6.07. The van der Waals surface area contributed by atoms with Crippen LogP contribution in [0.15, 0.2) is 29.2 Å². The van der Waals surface area contributed by atoms with Crippen molar-refractivity contribution in [3.8, 4) is 0 Å². The summed E-state index contributed by atoms with van der Waals surface area (Å²) in [5.41, 5.74) is 0.101. The maximum absolute atomic E-state index is 10.4. The van der Waals surface area contributed by atoms with Gasteiger partial charge in [0.2, 0.25) is 0 Å². The molecule has 86 valence electrons. The molecule has 1 aromatic rings. The van der Waals surface area contributed by atoms with Crippen LogP contribution in [0.1, 0.15) is 0 Å². The zero-order valence-electron chi connectivity index (χ0n) is 8.75. The molecule has 0 unspecified atom stereocenters. The summed E-state index contributed by atoms with van der Waals surface area (Å²) < 4.78 is 0.767. The SMILES string of the molecule is CN(C)C(=S)SSc1ccc([N+](=O)[O-])cc1. The van der Waals surface area contributed by atoms with Crippen molar-refractivity contribution >= 4 is 43.8 Å². The van der Waals surface area contributed by atoms with Gasteiger partial charge in [0.25, 0.3) is 5.69 Å². The highest BCUT2D eigenvalue weighted by Gasteiger charge is 2.06. The molecule has 0 aromatic heterocycles. The van der Waals surface area contributed by atoms with Crippen LogP contribution in [0.4, 0.5) is 5.69 Å². The van der Waals surface area contributed by atoms with Gasteiger partial charge in [-0.15, -0.1) is 0 Å². The van der Waals surface area contributed by atoms with Crippen LogP contribution in [0, 0.1) is 10.1 Å². The van der Waals surface area contributed by atoms with Crippen LogP contribution >= 0.6 is 33.8 Å². The molecule has 0 spiro atoms. The molecule has 16 heavy (non-hydrogen) atoms. The highest BCUT2D eigenvalue weighted by molar-refractivity contribution is 8.83. The van der Waals surface area contributed by atoms with Gasteiger partial charge in [0.05, 0.1) is 4.92 Å². The van der Waals surface area contributed by atoms with E-state index in [0.29, 0.717) is 0 Å². The van der Waals surface area contributed by atoms with Gasteiger partial charge in [-0.05, 0) is 22.9 Å². The first-order chi connectivity index (χ1) is 7.50. The molecule has 0 aliphatic heterocycles. The Morgan fingerprint density at radius 3 is 2.38 bits per heavy atom. The van der Waals surface area contributed by atoms with Gasteiger partial charge in [0.15, 0.2) is 0 Å². The maximum atomic E-state index is 10.4. The van der Waals surface area contributed by atoms with Crippen molar-refractivity contribution in [3.05, 3.63) is 34.4 Å². The molecule has 4 nitrogen and oxygen atoms in total. The van der Waals surface area contributed by atoms with Gasteiger partial charge in [-0.1, -0.05) is 23.0 Å². The summed E-state index contributed by atoms with van der Waals surface area (Å²) in [6.45, 7) is 0. The molecule has 0 fully saturated rings. The number of hydrogen-bond donors (Lipinski definition) is 0. The van der Waals surface area contributed by atoms with E-state index in [9.17, 15) is 10.1 Å². The zero-order chi connectivity index (χ0) is 12.1. The summed E-state index contributed by atoms with van der Waals surface area (Å²) in [7, 11) is 6.71. The summed E-state index contributed by atoms with van der Waals surface area (Å²) in [5.74, 6) is 0. The standard InChI is InChI=1S/C9H10N2O2S3/c1-10(2)9(14)16-15-8-5-3-7(4-6-8)11(12)13/h3-6H,1-2H3. The molecule has 0 saturated heterocycles. The molecule has 7 heteroatoms. The number of non-ortho nitro benzene ring substituents is 1. The van der Waals surface area contributed by atoms with Crippen molar-refractivity contribution in [1.29, 1.82) is 0 Å². The number of nitro benzene ring substituents is 1. The van der Waals surface area contributed by atoms with Crippen molar-refractivity contribution in [2.75, 3.05) is 14.1 Å². The van der Waals surface area contributed by atoms with Crippen LogP contribution < -0.4 is 0 Å². The predicted molar refractivity (Wildman–Crippen MR) is 72.8 cm³/mol. The molecule has 0 amide bonds. The topological polar surface area (TPSA) is 46.4 Å². The van der Waals surface area contributed by atoms with Gasteiger partial charge in [-0.25, -0.2) is 0 Å². The monoisotopic (exact) mass is 274 g/mol. The minimum absolute atomic E-state index is 0.101. The molecular formula is C9H10N2O2S3. The second-order valence-corrected chi connectivity index (χ2v) is 5.91. The highest BCUT2D eigenvalue weighted by atomic mass is 33.1. The van der Waals surface area contributed by atoms with Crippen molar-refractivity contribution in [2.45, 2.75) is 4.90 Å². The van der Waals surface area contributed by atoms with Crippen LogP contribution in [-0.4, -0.2) is 28.2 Å². The van der Waals surface area contributed by atoms with Crippen molar-refractivity contribution < 1.29 is 4.92 Å². The predicted octanol–water partition coefficient (Wildman–Crippen LogP) is 3.18. The lowest BCUT2D eigenvalue weighted by Gasteiger charge is -2.11. The van der Waals surface area contributed by atoms with E-state index < -0.39 is 4.92 Å². The summed E-state index contributed by atoms with van der Waals surface area (Å²) in [4.78, 5) is 12.8. The molecule has 0 saturated carbocycles. The Bertz CT molecular complexity index is 392. The van der Waals surface area contributed by atoms with Crippen LogP contribution in [-0.2, 0) is 0 Å². The fraction of sp³-hybridized carbons (Fsp3) is 0.222. The molecule has 0 atom stereocenters. The largest absolute Gasteiger partial charge is 0.363 e. The lowest BCUT2D eigenvalue weighted by Crippen LogP contribution is -2.14. The van der Waals surface area contributed by atoms with E-state index >= 15 is 0 Å². The van der Waals surface area contributed by atoms with E-state index in [-0.39, 0.29) is 5.69 Å². The number of nitro groups is 1. The Hall–Kier alpha value is -0.790. The molecule has 1 rings (SSSR count). The van der Waals surface area contributed by atoms with Gasteiger partial charge in [0, 0.05) is 31.1 Å². The second-order valence-electron chi connectivity index (χ2n) is 3.08. The lowest BCUT2D eigenvalue weighted by molar-refractivity contribution is -0.384. The summed E-state index contributed by atoms with van der Waals surface area (Å²) in [6, 6.07) is 6.41. The molecular weight excluding hydrogens is 264 g/mol. The highest BCUT2D eigenvalue weighted by Crippen LogP contribution is 2.33. The third kappa shape index (κ3) is 3.99. The minimum atomic E-state index is -0.411. The first-order valence-electron chi connectivity index (χ1n) is 4.31. The Morgan fingerprint density at radius 2 is 1.94 bits per heavy atom. The van der Waals surface area contributed by atoms with Gasteiger partial charge in [-0.2, -0.15) is 0 Å². The average Bonchev–Trinajstić information content (AvgIpc) is 2.26. The van der Waals surface area contributed by atoms with E-state index in [4.69, 9.17) is 12.2 Å². The van der Waals surface area contributed by atoms with Crippen molar-refractivity contribution in [1.82, 2.24) is 4.90 Å². The number of thiocarbonyl (C=S) groups is 1. The van der Waals surface area contributed by atoms with Crippen molar-refractivity contribution in [2.24, 2.45) is 0 Å². The molecule has 0 heterocycles. The first-order valence-corrected chi connectivity index (χ1v) is 6.87. The minimum Gasteiger partial charge on any atom is -0.363 e. The molecule has 0 radical (unpaired) electrons. The van der Waals surface area contributed by atoms with Gasteiger partial charge < -0.3 is 4.90 Å². The number of hydrogen-bond acceptors (Lipinski definition) is 5. The quantitative estimate of drug-likeness (QED) is 0.365. The molecule has 0 aliphatic rings. The normalized spacial score (nSPS) is 9.88. The van der Waals surface area contributed by atoms with E-state index in [2.05, 4.69) is 0 Å². The van der Waals surface area contributed by atoms with E-state index in [1.165, 1.54) is 33.7 Å². The first kappa shape index (κ1) is 13.3. The molecule has 1 aromatic carbocycles. The van der Waals surface area contributed by atoms with E-state index in [1.54, 1.807) is 12.1 Å². The van der Waals surface area contributed by atoms with Crippen molar-refractivity contribution in [3.63, 3.8) is 0 Å².